The summed E-state index contributed by atoms with van der Waals surface area (Å²) in [7, 11) is 6.13. The zero-order valence-electron chi connectivity index (χ0n) is 8.03. The van der Waals surface area contributed by atoms with Crippen LogP contribution in [0, 0.1) is 5.92 Å². The average molecular weight is 213 g/mol. The maximum Gasteiger partial charge on any atom is 0.679 e. The van der Waals surface area contributed by atoms with Gasteiger partial charge in [0.2, 0.25) is 0 Å². The molecule has 1 rings (SSSR count). The predicted octanol–water partition coefficient (Wildman–Crippen LogP) is 3.45. The molecule has 0 atom stereocenters. The number of benzene rings is 1. The van der Waals surface area contributed by atoms with E-state index < -0.39 is 13.6 Å². The van der Waals surface area contributed by atoms with Gasteiger partial charge in [-0.1, -0.05) is 38.0 Å². The highest BCUT2D eigenvalue weighted by atomic mass is 35.6. The molecule has 0 spiro atoms. The molecule has 70 valence electrons. The highest BCUT2D eigenvalue weighted by Gasteiger charge is 2.22. The van der Waals surface area contributed by atoms with E-state index in [0.29, 0.717) is 5.92 Å². The summed E-state index contributed by atoms with van der Waals surface area (Å²) in [4.78, 5) is 0. The van der Waals surface area contributed by atoms with Gasteiger partial charge in [-0.2, -0.15) is 0 Å². The highest BCUT2D eigenvalue weighted by Crippen LogP contribution is 2.15. The molecule has 0 amide bonds. The molecule has 1 aromatic rings. The fourth-order valence-corrected chi connectivity index (χ4v) is 3.73. The minimum absolute atomic E-state index is 0.623. The number of rotatable bonds is 4. The van der Waals surface area contributed by atoms with Crippen molar-refractivity contribution < 1.29 is 3.79 Å². The van der Waals surface area contributed by atoms with Crippen LogP contribution in [0.15, 0.2) is 30.3 Å². The van der Waals surface area contributed by atoms with E-state index in [0.717, 1.165) is 11.0 Å². The van der Waals surface area contributed by atoms with Gasteiger partial charge < -0.3 is 3.79 Å². The van der Waals surface area contributed by atoms with E-state index >= 15 is 0 Å². The van der Waals surface area contributed by atoms with Gasteiger partial charge in [0, 0.05) is 0 Å². The Labute approximate surface area is 88.6 Å². The monoisotopic (exact) mass is 212 g/mol. The highest BCUT2D eigenvalue weighted by molar-refractivity contribution is 7.03. The molecule has 0 aliphatic carbocycles. The average Bonchev–Trinajstić information content (AvgIpc) is 2.04. The first kappa shape index (κ1) is 10.9. The molecule has 0 aliphatic heterocycles. The normalized spacial score (nSPS) is 10.2. The van der Waals surface area contributed by atoms with Gasteiger partial charge in [-0.15, -0.1) is 0 Å². The van der Waals surface area contributed by atoms with E-state index in [4.69, 9.17) is 13.8 Å². The lowest BCUT2D eigenvalue weighted by Crippen LogP contribution is -2.16. The van der Waals surface area contributed by atoms with Crippen molar-refractivity contribution >= 4 is 23.6 Å². The van der Waals surface area contributed by atoms with Crippen LogP contribution in [0.25, 0.3) is 0 Å². The van der Waals surface area contributed by atoms with Crippen LogP contribution >= 0.6 is 10.0 Å². The fraction of sp³-hybridized carbons (Fsp3) is 0.400. The Morgan fingerprint density at radius 1 is 1.31 bits per heavy atom. The summed E-state index contributed by atoms with van der Waals surface area (Å²) >= 11 is -1.51. The Hall–Kier alpha value is -0.158. The number of para-hydroxylation sites is 1. The van der Waals surface area contributed by atoms with Gasteiger partial charge in [0.05, 0.1) is 5.75 Å². The van der Waals surface area contributed by atoms with Gasteiger partial charge in [0.1, 0.15) is 0 Å². The summed E-state index contributed by atoms with van der Waals surface area (Å²) in [6.07, 6.45) is 0. The third-order valence-corrected chi connectivity index (χ3v) is 4.31. The van der Waals surface area contributed by atoms with Gasteiger partial charge >= 0.3 is 13.6 Å². The molecule has 0 fully saturated rings. The van der Waals surface area contributed by atoms with Crippen LogP contribution in [0.5, 0.6) is 5.75 Å². The molecule has 3 heteroatoms. The van der Waals surface area contributed by atoms with Crippen molar-refractivity contribution in [3.8, 4) is 5.75 Å². The van der Waals surface area contributed by atoms with Crippen LogP contribution in [0.4, 0.5) is 0 Å². The lowest BCUT2D eigenvalue weighted by atomic mass is 10.3. The van der Waals surface area contributed by atoms with E-state index in [9.17, 15) is 0 Å². The molecule has 0 heterocycles. The molecule has 0 aromatic heterocycles. The van der Waals surface area contributed by atoms with Crippen molar-refractivity contribution in [2.24, 2.45) is 5.92 Å². The summed E-state index contributed by atoms with van der Waals surface area (Å²) in [5.41, 5.74) is 0. The molecule has 1 nitrogen and oxygen atoms in total. The second-order valence-corrected chi connectivity index (χ2v) is 6.46. The predicted molar refractivity (Wildman–Crippen MR) is 58.3 cm³/mol. The van der Waals surface area contributed by atoms with Crippen LogP contribution in [0.2, 0.25) is 5.28 Å². The van der Waals surface area contributed by atoms with Crippen molar-refractivity contribution in [1.29, 1.82) is 0 Å². The SMILES string of the molecule is CC(C)[CH2][Al]([Cl])[O]c1ccccc1. The van der Waals surface area contributed by atoms with Crippen LogP contribution < -0.4 is 3.79 Å². The maximum atomic E-state index is 6.13. The molecule has 0 N–H and O–H groups in total. The minimum Gasteiger partial charge on any atom is -0.632 e. The molecule has 0 aliphatic rings. The van der Waals surface area contributed by atoms with Crippen LogP contribution in [0.3, 0.4) is 0 Å². The van der Waals surface area contributed by atoms with Crippen molar-refractivity contribution in [3.63, 3.8) is 0 Å². The molecule has 13 heavy (non-hydrogen) atoms. The third-order valence-electron chi connectivity index (χ3n) is 1.66. The first-order valence-corrected chi connectivity index (χ1v) is 7.57. The lowest BCUT2D eigenvalue weighted by molar-refractivity contribution is 0.565. The first-order valence-electron chi connectivity index (χ1n) is 4.54. The minimum atomic E-state index is -1.51. The number of halogens is 1. The van der Waals surface area contributed by atoms with Gasteiger partial charge in [0.15, 0.2) is 0 Å². The van der Waals surface area contributed by atoms with Crippen molar-refractivity contribution in [1.82, 2.24) is 0 Å². The third kappa shape index (κ3) is 4.57. The topological polar surface area (TPSA) is 9.23 Å². The molecule has 0 bridgehead atoms. The largest absolute Gasteiger partial charge is 0.679 e. The Bertz CT molecular complexity index is 238. The zero-order valence-corrected chi connectivity index (χ0v) is 9.95. The summed E-state index contributed by atoms with van der Waals surface area (Å²) in [5.74, 6) is 1.52. The van der Waals surface area contributed by atoms with Gasteiger partial charge in [-0.3, -0.25) is 0 Å². The summed E-state index contributed by atoms with van der Waals surface area (Å²) in [5, 5.41) is 1.01. The summed E-state index contributed by atoms with van der Waals surface area (Å²) in [6.45, 7) is 4.33. The molecule has 0 saturated heterocycles. The lowest BCUT2D eigenvalue weighted by Gasteiger charge is -2.10. The number of hydrogen-bond acceptors (Lipinski definition) is 1. The van der Waals surface area contributed by atoms with Crippen molar-refractivity contribution in [2.45, 2.75) is 19.1 Å². The van der Waals surface area contributed by atoms with Crippen LogP contribution in [-0.4, -0.2) is 13.6 Å². The molecule has 0 saturated carbocycles. The van der Waals surface area contributed by atoms with E-state index in [1.165, 1.54) is 0 Å². The Morgan fingerprint density at radius 3 is 2.46 bits per heavy atom. The van der Waals surface area contributed by atoms with E-state index in [-0.39, 0.29) is 0 Å². The first-order chi connectivity index (χ1) is 6.18. The van der Waals surface area contributed by atoms with Crippen molar-refractivity contribution in [3.05, 3.63) is 30.3 Å². The van der Waals surface area contributed by atoms with Gasteiger partial charge in [-0.25, -0.2) is 10.0 Å². The second kappa shape index (κ2) is 5.55. The van der Waals surface area contributed by atoms with E-state index in [1.54, 1.807) is 0 Å². The summed E-state index contributed by atoms with van der Waals surface area (Å²) in [6, 6.07) is 9.79. The molecule has 0 unspecified atom stereocenters. The Kier molecular flexibility index (Phi) is 4.66. The maximum absolute atomic E-state index is 6.13. The second-order valence-electron chi connectivity index (χ2n) is 3.47. The molecule has 0 radical (unpaired) electrons. The van der Waals surface area contributed by atoms with E-state index in [2.05, 4.69) is 13.8 Å². The van der Waals surface area contributed by atoms with E-state index in [1.807, 2.05) is 30.3 Å². The molecule has 1 aromatic carbocycles. The quantitative estimate of drug-likeness (QED) is 0.695. The zero-order chi connectivity index (χ0) is 9.68. The molecular formula is C10H14AlClO. The van der Waals surface area contributed by atoms with Gasteiger partial charge in [-0.05, 0) is 17.4 Å². The molecular weight excluding hydrogens is 199 g/mol. The van der Waals surface area contributed by atoms with Crippen LogP contribution in [-0.2, 0) is 0 Å². The fourth-order valence-electron chi connectivity index (χ4n) is 1.07. The van der Waals surface area contributed by atoms with Crippen LogP contribution in [0.1, 0.15) is 13.8 Å². The van der Waals surface area contributed by atoms with Crippen molar-refractivity contribution in [2.75, 3.05) is 0 Å². The summed E-state index contributed by atoms with van der Waals surface area (Å²) < 4.78 is 5.63. The standard InChI is InChI=1S/C6H6O.C4H9.Al.ClH/c7-6-4-2-1-3-5-6;1-4(2)3;;/h1-5,7H;4H,1H2,2-3H3;;1H/q;;+2;/p-2. The Balaban J connectivity index is 2.41. The Morgan fingerprint density at radius 2 is 1.92 bits per heavy atom. The number of hydrogen-bond donors (Lipinski definition) is 0. The van der Waals surface area contributed by atoms with Gasteiger partial charge in [0.25, 0.3) is 0 Å². The smallest absolute Gasteiger partial charge is 0.632 e.